The maximum Gasteiger partial charge on any atom is 0.405 e. The van der Waals surface area contributed by atoms with E-state index in [-0.39, 0.29) is 29.8 Å². The number of nitrogens with one attached hydrogen (secondary N) is 3. The fourth-order valence-electron chi connectivity index (χ4n) is 6.45. The average molecular weight is 571 g/mol. The third kappa shape index (κ3) is 6.39. The summed E-state index contributed by atoms with van der Waals surface area (Å²) < 4.78 is 33.0. The van der Waals surface area contributed by atoms with E-state index in [1.54, 1.807) is 20.8 Å². The van der Waals surface area contributed by atoms with Crippen LogP contribution in [-0.4, -0.2) is 89.5 Å². The standard InChI is InChI=1S/C27H40F2N4O7/c1-25(2,3)20(32-24(38)39)23(37)33-13-15-17(27(15)9-11-40-12-10-27)18(33)21(35)31-16(7-8-26(4,28)29)19(34)22(36)30-14-5-6-14/h14-18,20,32H,5-13H2,1-4H3,(H,30,36)(H,31,35)(H,38,39)/t15-,16-,17-,18-,20+/m0/s1. The van der Waals surface area contributed by atoms with Crippen molar-refractivity contribution in [2.24, 2.45) is 22.7 Å². The smallest absolute Gasteiger partial charge is 0.405 e. The van der Waals surface area contributed by atoms with E-state index in [9.17, 15) is 37.9 Å². The summed E-state index contributed by atoms with van der Waals surface area (Å²) in [5, 5.41) is 16.7. The third-order valence-electron chi connectivity index (χ3n) is 8.79. The van der Waals surface area contributed by atoms with Crippen LogP contribution in [0.3, 0.4) is 0 Å². The molecule has 0 aromatic heterocycles. The van der Waals surface area contributed by atoms with Crippen LogP contribution in [0.15, 0.2) is 0 Å². The lowest BCUT2D eigenvalue weighted by Gasteiger charge is -2.39. The zero-order valence-corrected chi connectivity index (χ0v) is 23.4. The highest BCUT2D eigenvalue weighted by atomic mass is 19.3. The van der Waals surface area contributed by atoms with Crippen LogP contribution in [-0.2, 0) is 23.9 Å². The molecule has 2 heterocycles. The van der Waals surface area contributed by atoms with E-state index in [1.165, 1.54) is 4.90 Å². The van der Waals surface area contributed by atoms with E-state index in [4.69, 9.17) is 4.74 Å². The lowest BCUT2D eigenvalue weighted by Crippen LogP contribution is -2.60. The first-order valence-corrected chi connectivity index (χ1v) is 14.0. The minimum atomic E-state index is -3.12. The monoisotopic (exact) mass is 570 g/mol. The molecular formula is C27H40F2N4O7. The fourth-order valence-corrected chi connectivity index (χ4v) is 6.45. The van der Waals surface area contributed by atoms with Gasteiger partial charge in [0.15, 0.2) is 0 Å². The van der Waals surface area contributed by atoms with Crippen molar-refractivity contribution in [1.82, 2.24) is 20.9 Å². The van der Waals surface area contributed by atoms with Gasteiger partial charge in [-0.25, -0.2) is 13.6 Å². The largest absolute Gasteiger partial charge is 0.465 e. The Bertz CT molecular complexity index is 1050. The molecule has 13 heteroatoms. The minimum absolute atomic E-state index is 0.0196. The van der Waals surface area contributed by atoms with E-state index in [1.807, 2.05) is 0 Å². The van der Waals surface area contributed by atoms with Crippen molar-refractivity contribution >= 4 is 29.6 Å². The van der Waals surface area contributed by atoms with Gasteiger partial charge in [-0.3, -0.25) is 19.2 Å². The highest BCUT2D eigenvalue weighted by Crippen LogP contribution is 2.70. The molecule has 0 aromatic rings. The normalized spacial score (nSPS) is 26.9. The number of alkyl halides is 2. The Morgan fingerprint density at radius 2 is 1.68 bits per heavy atom. The molecule has 2 saturated heterocycles. The molecule has 2 aliphatic heterocycles. The number of carbonyl (C=O) groups excluding carboxylic acids is 4. The van der Waals surface area contributed by atoms with Gasteiger partial charge in [-0.15, -0.1) is 0 Å². The number of amides is 4. The van der Waals surface area contributed by atoms with Gasteiger partial charge in [0, 0.05) is 32.2 Å². The number of ketones is 1. The molecule has 1 spiro atoms. The van der Waals surface area contributed by atoms with Gasteiger partial charge >= 0.3 is 6.09 Å². The van der Waals surface area contributed by atoms with E-state index < -0.39 is 71.9 Å². The molecule has 4 rings (SSSR count). The molecular weight excluding hydrogens is 530 g/mol. The van der Waals surface area contributed by atoms with Crippen molar-refractivity contribution in [2.45, 2.75) is 96.3 Å². The second kappa shape index (κ2) is 10.9. The Kier molecular flexibility index (Phi) is 8.19. The van der Waals surface area contributed by atoms with Gasteiger partial charge in [-0.1, -0.05) is 20.8 Å². The zero-order chi connectivity index (χ0) is 29.6. The number of likely N-dealkylation sites (tertiary alicyclic amines) is 1. The molecule has 5 atom stereocenters. The number of hydrogen-bond acceptors (Lipinski definition) is 6. The topological polar surface area (TPSA) is 154 Å². The van der Waals surface area contributed by atoms with Gasteiger partial charge < -0.3 is 30.7 Å². The molecule has 2 aliphatic carbocycles. The van der Waals surface area contributed by atoms with Gasteiger partial charge in [0.05, 0.1) is 6.04 Å². The van der Waals surface area contributed by atoms with Gasteiger partial charge in [-0.2, -0.15) is 0 Å². The lowest BCUT2D eigenvalue weighted by atomic mass is 9.84. The molecule has 0 radical (unpaired) electrons. The lowest BCUT2D eigenvalue weighted by molar-refractivity contribution is -0.146. The van der Waals surface area contributed by atoms with Crippen LogP contribution in [0.5, 0.6) is 0 Å². The maximum atomic E-state index is 13.9. The van der Waals surface area contributed by atoms with Crippen molar-refractivity contribution < 1.29 is 42.6 Å². The van der Waals surface area contributed by atoms with E-state index in [0.29, 0.717) is 33.0 Å². The van der Waals surface area contributed by atoms with Gasteiger partial charge in [0.25, 0.3) is 5.91 Å². The van der Waals surface area contributed by atoms with Crippen molar-refractivity contribution in [3.63, 3.8) is 0 Å². The number of Topliss-reactive ketones (excluding diaryl/α,β-unsaturated/α-hetero) is 1. The minimum Gasteiger partial charge on any atom is -0.465 e. The first-order chi connectivity index (χ1) is 18.5. The summed E-state index contributed by atoms with van der Waals surface area (Å²) in [7, 11) is 0. The van der Waals surface area contributed by atoms with Crippen LogP contribution in [0.4, 0.5) is 13.6 Å². The fraction of sp³-hybridized carbons (Fsp3) is 0.815. The summed E-state index contributed by atoms with van der Waals surface area (Å²) in [4.78, 5) is 66.0. The third-order valence-corrected chi connectivity index (χ3v) is 8.79. The summed E-state index contributed by atoms with van der Waals surface area (Å²) in [6, 6.07) is -3.82. The molecule has 11 nitrogen and oxygen atoms in total. The molecule has 0 unspecified atom stereocenters. The Balaban J connectivity index is 1.59. The predicted octanol–water partition coefficient (Wildman–Crippen LogP) is 1.69. The number of ether oxygens (including phenoxy) is 1. The van der Waals surface area contributed by atoms with Crippen molar-refractivity contribution in [3.8, 4) is 0 Å². The van der Waals surface area contributed by atoms with Crippen LogP contribution >= 0.6 is 0 Å². The van der Waals surface area contributed by atoms with Gasteiger partial charge in [0.1, 0.15) is 12.1 Å². The number of rotatable bonds is 10. The molecule has 0 bridgehead atoms. The number of nitrogens with zero attached hydrogens (tertiary/aromatic N) is 1. The number of carbonyl (C=O) groups is 5. The van der Waals surface area contributed by atoms with Crippen LogP contribution in [0.2, 0.25) is 0 Å². The molecule has 4 N–H and O–H groups in total. The average Bonchev–Trinajstić information content (AvgIpc) is 3.72. The molecule has 4 amide bonds. The molecule has 2 saturated carbocycles. The predicted molar refractivity (Wildman–Crippen MR) is 137 cm³/mol. The Morgan fingerprint density at radius 1 is 1.05 bits per heavy atom. The second-order valence-corrected chi connectivity index (χ2v) is 12.9. The molecule has 4 fully saturated rings. The first-order valence-electron chi connectivity index (χ1n) is 14.0. The van der Waals surface area contributed by atoms with E-state index in [2.05, 4.69) is 16.0 Å². The van der Waals surface area contributed by atoms with E-state index in [0.717, 1.165) is 12.8 Å². The van der Waals surface area contributed by atoms with Gasteiger partial charge in [0.2, 0.25) is 23.5 Å². The molecule has 40 heavy (non-hydrogen) atoms. The number of piperidine rings is 1. The summed E-state index contributed by atoms with van der Waals surface area (Å²) in [5.74, 6) is -6.61. The van der Waals surface area contributed by atoms with Gasteiger partial charge in [-0.05, 0) is 61.7 Å². The Hall–Kier alpha value is -2.83. The number of hydrogen-bond donors (Lipinski definition) is 4. The van der Waals surface area contributed by atoms with Crippen molar-refractivity contribution in [1.29, 1.82) is 0 Å². The SMILES string of the molecule is CC(F)(F)CC[C@H](NC(=O)[C@@H]1[C@@H]2[C@H](CN1C(=O)[C@@H](NC(=O)O)C(C)(C)C)C21CCOCC1)C(=O)C(=O)NC1CC1. The van der Waals surface area contributed by atoms with Crippen LogP contribution < -0.4 is 16.0 Å². The van der Waals surface area contributed by atoms with Crippen LogP contribution in [0.1, 0.15) is 66.2 Å². The van der Waals surface area contributed by atoms with E-state index >= 15 is 0 Å². The van der Waals surface area contributed by atoms with Crippen LogP contribution in [0, 0.1) is 22.7 Å². The van der Waals surface area contributed by atoms with Crippen molar-refractivity contribution in [2.75, 3.05) is 19.8 Å². The summed E-state index contributed by atoms with van der Waals surface area (Å²) in [6.07, 6.45) is 0.261. The maximum absolute atomic E-state index is 13.9. The highest BCUT2D eigenvalue weighted by molar-refractivity contribution is 6.38. The summed E-state index contributed by atoms with van der Waals surface area (Å²) >= 11 is 0. The first kappa shape index (κ1) is 30.1. The second-order valence-electron chi connectivity index (χ2n) is 12.9. The number of fused-ring (bicyclic) bond motifs is 3. The quantitative estimate of drug-likeness (QED) is 0.292. The number of carboxylic acid groups (broad SMARTS) is 1. The Labute approximate surface area is 232 Å². The molecule has 224 valence electrons. The number of halogens is 2. The summed E-state index contributed by atoms with van der Waals surface area (Å²) in [6.45, 7) is 7.05. The zero-order valence-electron chi connectivity index (χ0n) is 23.4. The van der Waals surface area contributed by atoms with Crippen molar-refractivity contribution in [3.05, 3.63) is 0 Å². The highest BCUT2D eigenvalue weighted by Gasteiger charge is 2.74. The van der Waals surface area contributed by atoms with Crippen LogP contribution in [0.25, 0.3) is 0 Å². The summed E-state index contributed by atoms with van der Waals surface area (Å²) in [5.41, 5.74) is -1.04. The Morgan fingerprint density at radius 3 is 2.20 bits per heavy atom. The molecule has 4 aliphatic rings. The molecule has 0 aromatic carbocycles.